The van der Waals surface area contributed by atoms with Crippen molar-refractivity contribution < 1.29 is 18.0 Å². The highest BCUT2D eigenvalue weighted by Crippen LogP contribution is 2.23. The number of alkyl halides is 3. The second kappa shape index (κ2) is 5.16. The summed E-state index contributed by atoms with van der Waals surface area (Å²) in [5, 5.41) is 2.48. The fraction of sp³-hybridized carbons (Fsp3) is 0.333. The van der Waals surface area contributed by atoms with Crippen LogP contribution < -0.4 is 5.32 Å². The number of halogens is 4. The molecular weight excluding hydrogens is 245 g/mol. The topological polar surface area (TPSA) is 42.0 Å². The van der Waals surface area contributed by atoms with Crippen molar-refractivity contribution in [3.05, 3.63) is 23.5 Å². The molecule has 1 aromatic heterocycles. The van der Waals surface area contributed by atoms with Crippen molar-refractivity contribution >= 4 is 23.2 Å². The van der Waals surface area contributed by atoms with Crippen molar-refractivity contribution in [2.75, 3.05) is 5.32 Å². The van der Waals surface area contributed by atoms with Gasteiger partial charge in [0.2, 0.25) is 5.91 Å². The summed E-state index contributed by atoms with van der Waals surface area (Å²) in [5.41, 5.74) is 0.205. The van der Waals surface area contributed by atoms with Crippen LogP contribution in [0.2, 0.25) is 5.02 Å². The van der Waals surface area contributed by atoms with Crippen molar-refractivity contribution in [2.24, 2.45) is 0 Å². The number of nitrogens with zero attached hydrogens (tertiary/aromatic N) is 1. The number of rotatable bonds is 3. The van der Waals surface area contributed by atoms with E-state index >= 15 is 0 Å². The molecule has 0 spiro atoms. The largest absolute Gasteiger partial charge is 0.389 e. The highest BCUT2D eigenvalue weighted by molar-refractivity contribution is 6.33. The number of carbonyl (C=O) groups excluding carboxylic acids is 1. The quantitative estimate of drug-likeness (QED) is 0.898. The van der Waals surface area contributed by atoms with E-state index in [1.54, 1.807) is 0 Å². The molecule has 0 saturated heterocycles. The Labute approximate surface area is 94.6 Å². The maximum absolute atomic E-state index is 11.8. The standard InChI is InChI=1S/C9H8ClF3N2O/c10-6-2-4-14-5-7(6)15-8(16)1-3-9(11,12)13/h2,4-5H,1,3H2,(H,15,16). The van der Waals surface area contributed by atoms with E-state index in [2.05, 4.69) is 10.3 Å². The predicted molar refractivity (Wildman–Crippen MR) is 53.2 cm³/mol. The predicted octanol–water partition coefficient (Wildman–Crippen LogP) is 3.02. The molecular formula is C9H8ClF3N2O. The number of nitrogens with one attached hydrogen (secondary N) is 1. The van der Waals surface area contributed by atoms with E-state index in [0.717, 1.165) is 0 Å². The first kappa shape index (κ1) is 12.8. The van der Waals surface area contributed by atoms with Gasteiger partial charge in [-0.3, -0.25) is 9.78 Å². The third kappa shape index (κ3) is 4.48. The molecule has 0 aliphatic heterocycles. The molecule has 7 heteroatoms. The van der Waals surface area contributed by atoms with Crippen LogP contribution in [0.5, 0.6) is 0 Å². The third-order valence-corrected chi connectivity index (χ3v) is 2.01. The zero-order chi connectivity index (χ0) is 12.2. The highest BCUT2D eigenvalue weighted by atomic mass is 35.5. The van der Waals surface area contributed by atoms with Gasteiger partial charge < -0.3 is 5.32 Å². The Morgan fingerprint density at radius 3 is 2.75 bits per heavy atom. The monoisotopic (exact) mass is 252 g/mol. The molecule has 16 heavy (non-hydrogen) atoms. The molecule has 3 nitrogen and oxygen atoms in total. The van der Waals surface area contributed by atoms with Crippen molar-refractivity contribution in [1.82, 2.24) is 4.98 Å². The van der Waals surface area contributed by atoms with Gasteiger partial charge in [0.25, 0.3) is 0 Å². The Bertz CT molecular complexity index is 381. The number of pyridine rings is 1. The molecule has 1 amide bonds. The van der Waals surface area contributed by atoms with E-state index in [0.29, 0.717) is 0 Å². The van der Waals surface area contributed by atoms with Crippen molar-refractivity contribution in [3.63, 3.8) is 0 Å². The molecule has 0 aliphatic carbocycles. The summed E-state index contributed by atoms with van der Waals surface area (Å²) in [6.07, 6.45) is -3.44. The van der Waals surface area contributed by atoms with Crippen LogP contribution in [0.1, 0.15) is 12.8 Å². The molecule has 0 bridgehead atoms. The summed E-state index contributed by atoms with van der Waals surface area (Å²) >= 11 is 5.68. The van der Waals surface area contributed by atoms with Gasteiger partial charge in [-0.05, 0) is 6.07 Å². The van der Waals surface area contributed by atoms with Crippen molar-refractivity contribution in [3.8, 4) is 0 Å². The van der Waals surface area contributed by atoms with E-state index in [-0.39, 0.29) is 10.7 Å². The molecule has 0 aromatic carbocycles. The molecule has 1 aromatic rings. The summed E-state index contributed by atoms with van der Waals surface area (Å²) < 4.78 is 35.4. The first-order valence-corrected chi connectivity index (χ1v) is 4.72. The zero-order valence-corrected chi connectivity index (χ0v) is 8.77. The summed E-state index contributed by atoms with van der Waals surface area (Å²) in [6, 6.07) is 1.43. The van der Waals surface area contributed by atoms with Gasteiger partial charge in [0, 0.05) is 12.6 Å². The lowest BCUT2D eigenvalue weighted by molar-refractivity contribution is -0.142. The van der Waals surface area contributed by atoms with Crippen molar-refractivity contribution in [1.29, 1.82) is 0 Å². The molecule has 0 atom stereocenters. The number of amides is 1. The summed E-state index contributed by atoms with van der Waals surface area (Å²) in [6.45, 7) is 0. The van der Waals surface area contributed by atoms with E-state index in [4.69, 9.17) is 11.6 Å². The third-order valence-electron chi connectivity index (χ3n) is 1.68. The molecule has 1 N–H and O–H groups in total. The van der Waals surface area contributed by atoms with Crippen molar-refractivity contribution in [2.45, 2.75) is 19.0 Å². The molecule has 1 heterocycles. The number of hydrogen-bond donors (Lipinski definition) is 1. The maximum atomic E-state index is 11.8. The van der Waals surface area contributed by atoms with Crippen LogP contribution in [0.25, 0.3) is 0 Å². The fourth-order valence-electron chi connectivity index (χ4n) is 0.937. The normalized spacial score (nSPS) is 11.2. The summed E-state index contributed by atoms with van der Waals surface area (Å²) in [5.74, 6) is -0.743. The van der Waals surface area contributed by atoms with Gasteiger partial charge >= 0.3 is 6.18 Å². The minimum Gasteiger partial charge on any atom is -0.324 e. The average molecular weight is 253 g/mol. The molecule has 0 fully saturated rings. The van der Waals surface area contributed by atoms with E-state index in [1.165, 1.54) is 18.5 Å². The lowest BCUT2D eigenvalue weighted by Gasteiger charge is -2.07. The lowest BCUT2D eigenvalue weighted by atomic mass is 10.3. The van der Waals surface area contributed by atoms with Crippen LogP contribution in [0, 0.1) is 0 Å². The SMILES string of the molecule is O=C(CCC(F)(F)F)Nc1cnccc1Cl. The van der Waals surface area contributed by atoms with E-state index in [9.17, 15) is 18.0 Å². The molecule has 0 saturated carbocycles. The smallest absolute Gasteiger partial charge is 0.324 e. The van der Waals surface area contributed by atoms with Gasteiger partial charge in [-0.15, -0.1) is 0 Å². The van der Waals surface area contributed by atoms with E-state index < -0.39 is 24.9 Å². The first-order chi connectivity index (χ1) is 7.38. The Morgan fingerprint density at radius 2 is 2.19 bits per heavy atom. The molecule has 0 unspecified atom stereocenters. The average Bonchev–Trinajstić information content (AvgIpc) is 2.18. The number of aromatic nitrogens is 1. The van der Waals surface area contributed by atoms with Gasteiger partial charge in [0.15, 0.2) is 0 Å². The van der Waals surface area contributed by atoms with Crippen LogP contribution in [0.3, 0.4) is 0 Å². The zero-order valence-electron chi connectivity index (χ0n) is 8.01. The number of anilines is 1. The van der Waals surface area contributed by atoms with Gasteiger partial charge in [-0.25, -0.2) is 0 Å². The Balaban J connectivity index is 2.50. The highest BCUT2D eigenvalue weighted by Gasteiger charge is 2.27. The Kier molecular flexibility index (Phi) is 4.12. The summed E-state index contributed by atoms with van der Waals surface area (Å²) in [4.78, 5) is 14.8. The second-order valence-corrected chi connectivity index (χ2v) is 3.43. The minimum absolute atomic E-state index is 0.205. The van der Waals surface area contributed by atoms with Gasteiger partial charge in [0.1, 0.15) is 0 Å². The molecule has 0 aliphatic rings. The van der Waals surface area contributed by atoms with Crippen LogP contribution in [0.15, 0.2) is 18.5 Å². The number of carbonyl (C=O) groups is 1. The van der Waals surface area contributed by atoms with Gasteiger partial charge in [0.05, 0.1) is 23.3 Å². The molecule has 1 rings (SSSR count). The van der Waals surface area contributed by atoms with Crippen LogP contribution in [-0.4, -0.2) is 17.1 Å². The van der Waals surface area contributed by atoms with Gasteiger partial charge in [-0.2, -0.15) is 13.2 Å². The van der Waals surface area contributed by atoms with Crippen LogP contribution in [-0.2, 0) is 4.79 Å². The second-order valence-electron chi connectivity index (χ2n) is 3.02. The Morgan fingerprint density at radius 1 is 1.50 bits per heavy atom. The number of hydrogen-bond acceptors (Lipinski definition) is 2. The minimum atomic E-state index is -4.34. The maximum Gasteiger partial charge on any atom is 0.389 e. The van der Waals surface area contributed by atoms with Crippen LogP contribution >= 0.6 is 11.6 Å². The lowest BCUT2D eigenvalue weighted by Crippen LogP contribution is -2.16. The van der Waals surface area contributed by atoms with E-state index in [1.807, 2.05) is 0 Å². The fourth-order valence-corrected chi connectivity index (χ4v) is 1.09. The van der Waals surface area contributed by atoms with Gasteiger partial charge in [-0.1, -0.05) is 11.6 Å². The summed E-state index contributed by atoms with van der Waals surface area (Å²) in [7, 11) is 0. The van der Waals surface area contributed by atoms with Crippen LogP contribution in [0.4, 0.5) is 18.9 Å². The Hall–Kier alpha value is -1.30. The first-order valence-electron chi connectivity index (χ1n) is 4.34. The molecule has 0 radical (unpaired) electrons. The molecule has 88 valence electrons.